The number of amides is 1. The number of esters is 1. The van der Waals surface area contributed by atoms with Gasteiger partial charge in [-0.1, -0.05) is 19.8 Å². The summed E-state index contributed by atoms with van der Waals surface area (Å²) >= 11 is 3.16. The highest BCUT2D eigenvalue weighted by Crippen LogP contribution is 2.24. The van der Waals surface area contributed by atoms with Gasteiger partial charge in [0.05, 0.1) is 10.5 Å². The van der Waals surface area contributed by atoms with E-state index >= 15 is 0 Å². The van der Waals surface area contributed by atoms with Gasteiger partial charge < -0.3 is 10.1 Å². The van der Waals surface area contributed by atoms with E-state index in [0.717, 1.165) is 31.7 Å². The SMILES string of the molecule is CC1CCCCC1NC(=O)COC(=O)c1cc(S(N)(=O)=O)ccc1Br. The molecule has 2 atom stereocenters. The Labute approximate surface area is 155 Å². The number of ether oxygens (including phenoxy) is 1. The van der Waals surface area contributed by atoms with Gasteiger partial charge in [0, 0.05) is 10.5 Å². The van der Waals surface area contributed by atoms with Crippen LogP contribution >= 0.6 is 15.9 Å². The molecule has 7 nitrogen and oxygen atoms in total. The van der Waals surface area contributed by atoms with E-state index in [4.69, 9.17) is 9.88 Å². The van der Waals surface area contributed by atoms with E-state index in [0.29, 0.717) is 10.4 Å². The van der Waals surface area contributed by atoms with Crippen LogP contribution in [0.15, 0.2) is 27.6 Å². The molecule has 9 heteroatoms. The number of sulfonamides is 1. The second kappa shape index (κ2) is 8.29. The minimum atomic E-state index is -3.94. The van der Waals surface area contributed by atoms with Gasteiger partial charge in [-0.25, -0.2) is 18.4 Å². The molecule has 1 aromatic carbocycles. The lowest BCUT2D eigenvalue weighted by Crippen LogP contribution is -2.42. The van der Waals surface area contributed by atoms with Gasteiger partial charge in [-0.05, 0) is 52.9 Å². The van der Waals surface area contributed by atoms with Crippen molar-refractivity contribution in [2.24, 2.45) is 11.1 Å². The van der Waals surface area contributed by atoms with Crippen molar-refractivity contribution in [2.75, 3.05) is 6.61 Å². The molecule has 1 fully saturated rings. The molecule has 0 spiro atoms. The summed E-state index contributed by atoms with van der Waals surface area (Å²) in [5.74, 6) is -0.774. The first-order chi connectivity index (χ1) is 11.7. The molecule has 1 aliphatic rings. The Morgan fingerprint density at radius 3 is 2.64 bits per heavy atom. The minimum Gasteiger partial charge on any atom is -0.452 e. The third-order valence-corrected chi connectivity index (χ3v) is 5.88. The van der Waals surface area contributed by atoms with Crippen molar-refractivity contribution in [1.29, 1.82) is 0 Å². The van der Waals surface area contributed by atoms with Crippen LogP contribution in [0.3, 0.4) is 0 Å². The lowest BCUT2D eigenvalue weighted by atomic mass is 9.86. The van der Waals surface area contributed by atoms with Gasteiger partial charge in [-0.3, -0.25) is 4.79 Å². The van der Waals surface area contributed by atoms with E-state index in [1.165, 1.54) is 12.1 Å². The molecule has 2 rings (SSSR count). The standard InChI is InChI=1S/C16H21BrN2O5S/c1-10-4-2-3-5-14(10)19-15(20)9-24-16(21)12-8-11(25(18,22)23)6-7-13(12)17/h6-8,10,14H,2-5,9H2,1H3,(H,19,20)(H2,18,22,23). The fourth-order valence-corrected chi connectivity index (χ4v) is 3.77. The predicted molar refractivity (Wildman–Crippen MR) is 95.4 cm³/mol. The predicted octanol–water partition coefficient (Wildman–Crippen LogP) is 1.95. The van der Waals surface area contributed by atoms with E-state index in [1.807, 2.05) is 0 Å². The second-order valence-electron chi connectivity index (χ2n) is 6.20. The molecule has 0 aromatic heterocycles. The van der Waals surface area contributed by atoms with E-state index in [2.05, 4.69) is 28.2 Å². The van der Waals surface area contributed by atoms with Gasteiger partial charge in [0.25, 0.3) is 5.91 Å². The molecule has 1 aliphatic carbocycles. The van der Waals surface area contributed by atoms with Crippen LogP contribution in [0.5, 0.6) is 0 Å². The fraction of sp³-hybridized carbons (Fsp3) is 0.500. The third-order valence-electron chi connectivity index (χ3n) is 4.28. The maximum absolute atomic E-state index is 12.1. The van der Waals surface area contributed by atoms with Crippen LogP contribution in [-0.2, 0) is 19.6 Å². The Hall–Kier alpha value is -1.45. The first-order valence-corrected chi connectivity index (χ1v) is 10.3. The van der Waals surface area contributed by atoms with Crippen LogP contribution in [0, 0.1) is 5.92 Å². The second-order valence-corrected chi connectivity index (χ2v) is 8.61. The molecule has 0 heterocycles. The normalized spacial score (nSPS) is 20.8. The maximum atomic E-state index is 12.1. The van der Waals surface area contributed by atoms with Gasteiger partial charge in [-0.15, -0.1) is 0 Å². The van der Waals surface area contributed by atoms with Gasteiger partial charge in [0.1, 0.15) is 0 Å². The smallest absolute Gasteiger partial charge is 0.339 e. The number of nitrogens with one attached hydrogen (secondary N) is 1. The number of benzene rings is 1. The highest BCUT2D eigenvalue weighted by Gasteiger charge is 2.23. The lowest BCUT2D eigenvalue weighted by Gasteiger charge is -2.29. The monoisotopic (exact) mass is 432 g/mol. The Morgan fingerprint density at radius 1 is 1.32 bits per heavy atom. The first-order valence-electron chi connectivity index (χ1n) is 7.97. The molecule has 3 N–H and O–H groups in total. The summed E-state index contributed by atoms with van der Waals surface area (Å²) in [5, 5.41) is 7.94. The van der Waals surface area contributed by atoms with E-state index in [1.54, 1.807) is 0 Å². The highest BCUT2D eigenvalue weighted by molar-refractivity contribution is 9.10. The van der Waals surface area contributed by atoms with Crippen molar-refractivity contribution in [1.82, 2.24) is 5.32 Å². The van der Waals surface area contributed by atoms with Crippen molar-refractivity contribution in [3.63, 3.8) is 0 Å². The molecular weight excluding hydrogens is 412 g/mol. The maximum Gasteiger partial charge on any atom is 0.339 e. The largest absolute Gasteiger partial charge is 0.452 e. The quantitative estimate of drug-likeness (QED) is 0.689. The summed E-state index contributed by atoms with van der Waals surface area (Å²) in [7, 11) is -3.94. The molecule has 0 bridgehead atoms. The number of primary sulfonamides is 1. The minimum absolute atomic E-state index is 0.00893. The average Bonchev–Trinajstić information content (AvgIpc) is 2.54. The zero-order valence-corrected chi connectivity index (χ0v) is 16.2. The number of hydrogen-bond donors (Lipinski definition) is 2. The van der Waals surface area contributed by atoms with Crippen LogP contribution in [0.1, 0.15) is 43.0 Å². The summed E-state index contributed by atoms with van der Waals surface area (Å²) in [6, 6.07) is 3.87. The third kappa shape index (κ3) is 5.52. The Kier molecular flexibility index (Phi) is 6.59. The molecular formula is C16H21BrN2O5S. The van der Waals surface area contributed by atoms with Crippen molar-refractivity contribution < 1.29 is 22.7 Å². The topological polar surface area (TPSA) is 116 Å². The zero-order chi connectivity index (χ0) is 18.6. The number of halogens is 1. The molecule has 138 valence electrons. The van der Waals surface area contributed by atoms with Gasteiger partial charge in [0.2, 0.25) is 10.0 Å². The molecule has 0 saturated heterocycles. The van der Waals surface area contributed by atoms with Crippen LogP contribution in [0.2, 0.25) is 0 Å². The van der Waals surface area contributed by atoms with Gasteiger partial charge in [-0.2, -0.15) is 0 Å². The number of carbonyl (C=O) groups is 2. The molecule has 1 aromatic rings. The summed E-state index contributed by atoms with van der Waals surface area (Å²) in [6.45, 7) is 1.67. The van der Waals surface area contributed by atoms with Gasteiger partial charge in [0.15, 0.2) is 6.61 Å². The Morgan fingerprint density at radius 2 is 2.00 bits per heavy atom. The number of carbonyl (C=O) groups excluding carboxylic acids is 2. The molecule has 1 amide bonds. The van der Waals surface area contributed by atoms with Crippen LogP contribution in [0.4, 0.5) is 0 Å². The number of nitrogens with two attached hydrogens (primary N) is 1. The number of hydrogen-bond acceptors (Lipinski definition) is 5. The van der Waals surface area contributed by atoms with Crippen molar-refractivity contribution in [2.45, 2.75) is 43.5 Å². The summed E-state index contributed by atoms with van der Waals surface area (Å²) < 4.78 is 28.1. The lowest BCUT2D eigenvalue weighted by molar-refractivity contribution is -0.125. The van der Waals surface area contributed by atoms with Gasteiger partial charge >= 0.3 is 5.97 Å². The van der Waals surface area contributed by atoms with Crippen LogP contribution < -0.4 is 10.5 Å². The Balaban J connectivity index is 1.97. The van der Waals surface area contributed by atoms with Crippen LogP contribution in [-0.4, -0.2) is 32.9 Å². The molecule has 1 saturated carbocycles. The fourth-order valence-electron chi connectivity index (χ4n) is 2.83. The van der Waals surface area contributed by atoms with E-state index in [9.17, 15) is 18.0 Å². The summed E-state index contributed by atoms with van der Waals surface area (Å²) in [4.78, 5) is 23.9. The molecule has 25 heavy (non-hydrogen) atoms. The average molecular weight is 433 g/mol. The summed E-state index contributed by atoms with van der Waals surface area (Å²) in [5.41, 5.74) is -0.00893. The van der Waals surface area contributed by atoms with Crippen molar-refractivity contribution >= 4 is 37.8 Å². The molecule has 2 unspecified atom stereocenters. The zero-order valence-electron chi connectivity index (χ0n) is 13.8. The number of rotatable bonds is 5. The molecule has 0 aliphatic heterocycles. The first kappa shape index (κ1) is 19.9. The highest BCUT2D eigenvalue weighted by atomic mass is 79.9. The summed E-state index contributed by atoms with van der Waals surface area (Å²) in [6.07, 6.45) is 4.22. The van der Waals surface area contributed by atoms with E-state index < -0.39 is 22.6 Å². The molecule has 0 radical (unpaired) electrons. The van der Waals surface area contributed by atoms with Crippen molar-refractivity contribution in [3.05, 3.63) is 28.2 Å². The van der Waals surface area contributed by atoms with Crippen LogP contribution in [0.25, 0.3) is 0 Å². The van der Waals surface area contributed by atoms with E-state index in [-0.39, 0.29) is 22.4 Å². The Bertz CT molecular complexity index is 766. The van der Waals surface area contributed by atoms with Crippen molar-refractivity contribution in [3.8, 4) is 0 Å².